The number of amides is 1. The van der Waals surface area contributed by atoms with E-state index in [4.69, 9.17) is 0 Å². The highest BCUT2D eigenvalue weighted by atomic mass is 32.2. The first-order chi connectivity index (χ1) is 14.8. The third-order valence-corrected chi connectivity index (χ3v) is 9.49. The van der Waals surface area contributed by atoms with Crippen molar-refractivity contribution in [3.8, 4) is 9.88 Å². The molecule has 1 aliphatic heterocycles. The molecule has 6 nitrogen and oxygen atoms in total. The number of hydrogen-bond acceptors (Lipinski definition) is 6. The van der Waals surface area contributed by atoms with Gasteiger partial charge in [-0.1, -0.05) is 12.1 Å². The molecule has 1 N–H and O–H groups in total. The smallest absolute Gasteiger partial charge is 0.243 e. The normalized spacial score (nSPS) is 15.8. The number of thiazole rings is 1. The third kappa shape index (κ3) is 4.90. The summed E-state index contributed by atoms with van der Waals surface area (Å²) in [5.74, 6) is -0.212. The standard InChI is InChI=1S/C22H25N3O3S3/c1-15-5-6-19(12-16(15)2)31(27,28)25-9-7-17(8-10-25)21(26)23-13-18-14-30-22(24-18)20-4-3-11-29-20/h3-6,11-12,14,17H,7-10,13H2,1-2H3,(H,23,26). The fourth-order valence-corrected chi connectivity index (χ4v) is 6.79. The number of aromatic nitrogens is 1. The van der Waals surface area contributed by atoms with E-state index in [1.165, 1.54) is 4.31 Å². The molecule has 3 aromatic rings. The van der Waals surface area contributed by atoms with Crippen molar-refractivity contribution in [2.24, 2.45) is 5.92 Å². The number of aryl methyl sites for hydroxylation is 2. The second-order valence-corrected chi connectivity index (χ2v) is 11.5. The van der Waals surface area contributed by atoms with Crippen LogP contribution in [0.5, 0.6) is 0 Å². The van der Waals surface area contributed by atoms with Gasteiger partial charge in [0.2, 0.25) is 15.9 Å². The number of sulfonamides is 1. The van der Waals surface area contributed by atoms with Crippen LogP contribution in [-0.4, -0.2) is 36.7 Å². The highest BCUT2D eigenvalue weighted by molar-refractivity contribution is 7.89. The Hall–Kier alpha value is -2.07. The van der Waals surface area contributed by atoms with Crippen molar-refractivity contribution >= 4 is 38.6 Å². The average molecular weight is 476 g/mol. The van der Waals surface area contributed by atoms with Gasteiger partial charge in [0.15, 0.2) is 0 Å². The van der Waals surface area contributed by atoms with Crippen LogP contribution in [0.2, 0.25) is 0 Å². The second kappa shape index (κ2) is 9.20. The lowest BCUT2D eigenvalue weighted by Gasteiger charge is -2.30. The topological polar surface area (TPSA) is 79.4 Å². The van der Waals surface area contributed by atoms with Crippen LogP contribution in [0.15, 0.2) is 46.0 Å². The molecule has 9 heteroatoms. The summed E-state index contributed by atoms with van der Waals surface area (Å²) >= 11 is 3.22. The number of carbonyl (C=O) groups excluding carboxylic acids is 1. The van der Waals surface area contributed by atoms with Crippen LogP contribution in [0.1, 0.15) is 29.7 Å². The predicted octanol–water partition coefficient (Wildman–Crippen LogP) is 4.21. The van der Waals surface area contributed by atoms with E-state index in [-0.39, 0.29) is 11.8 Å². The summed E-state index contributed by atoms with van der Waals surface area (Å²) in [4.78, 5) is 18.6. The van der Waals surface area contributed by atoms with E-state index >= 15 is 0 Å². The van der Waals surface area contributed by atoms with Crippen LogP contribution in [-0.2, 0) is 21.4 Å². The summed E-state index contributed by atoms with van der Waals surface area (Å²) < 4.78 is 27.4. The SMILES string of the molecule is Cc1ccc(S(=O)(=O)N2CCC(C(=O)NCc3csc(-c4cccs4)n3)CC2)cc1C. The predicted molar refractivity (Wildman–Crippen MR) is 125 cm³/mol. The van der Waals surface area contributed by atoms with Crippen molar-refractivity contribution < 1.29 is 13.2 Å². The molecule has 1 aromatic carbocycles. The molecule has 3 heterocycles. The van der Waals surface area contributed by atoms with E-state index in [1.807, 2.05) is 42.8 Å². The molecule has 1 amide bonds. The summed E-state index contributed by atoms with van der Waals surface area (Å²) in [5, 5.41) is 7.91. The van der Waals surface area contributed by atoms with E-state index in [2.05, 4.69) is 10.3 Å². The zero-order chi connectivity index (χ0) is 22.0. The summed E-state index contributed by atoms with van der Waals surface area (Å²) in [7, 11) is -3.53. The third-order valence-electron chi connectivity index (χ3n) is 5.67. The first kappa shape index (κ1) is 22.1. The van der Waals surface area contributed by atoms with Crippen LogP contribution in [0.25, 0.3) is 9.88 Å². The van der Waals surface area contributed by atoms with Crippen molar-refractivity contribution in [2.75, 3.05) is 13.1 Å². The number of thiophene rings is 1. The molecule has 0 saturated carbocycles. The molecular formula is C22H25N3O3S3. The van der Waals surface area contributed by atoms with E-state index in [0.717, 1.165) is 26.7 Å². The molecule has 0 spiro atoms. The number of nitrogens with zero attached hydrogens (tertiary/aromatic N) is 2. The van der Waals surface area contributed by atoms with Gasteiger partial charge < -0.3 is 5.32 Å². The zero-order valence-corrected chi connectivity index (χ0v) is 19.9. The van der Waals surface area contributed by atoms with Gasteiger partial charge in [0.1, 0.15) is 5.01 Å². The molecule has 1 aliphatic rings. The van der Waals surface area contributed by atoms with Crippen molar-refractivity contribution in [1.82, 2.24) is 14.6 Å². The number of carbonyl (C=O) groups is 1. The van der Waals surface area contributed by atoms with Crippen LogP contribution in [0.4, 0.5) is 0 Å². The Labute approximate surface area is 191 Å². The molecule has 0 radical (unpaired) electrons. The van der Waals surface area contributed by atoms with E-state index in [9.17, 15) is 13.2 Å². The number of hydrogen-bond donors (Lipinski definition) is 1. The lowest BCUT2D eigenvalue weighted by atomic mass is 9.97. The number of rotatable bonds is 6. The van der Waals surface area contributed by atoms with Gasteiger partial charge in [-0.3, -0.25) is 4.79 Å². The Kier molecular flexibility index (Phi) is 6.57. The summed E-state index contributed by atoms with van der Waals surface area (Å²) in [6.07, 6.45) is 1.04. The highest BCUT2D eigenvalue weighted by Crippen LogP contribution is 2.28. The number of benzene rings is 1. The fourth-order valence-electron chi connectivity index (χ4n) is 3.61. The summed E-state index contributed by atoms with van der Waals surface area (Å²) in [5.41, 5.74) is 2.87. The largest absolute Gasteiger partial charge is 0.350 e. The van der Waals surface area contributed by atoms with E-state index in [1.54, 1.807) is 34.8 Å². The molecule has 0 aliphatic carbocycles. The van der Waals surface area contributed by atoms with Gasteiger partial charge in [0.25, 0.3) is 0 Å². The van der Waals surface area contributed by atoms with Crippen molar-refractivity contribution in [2.45, 2.75) is 38.1 Å². The Balaban J connectivity index is 1.31. The van der Waals surface area contributed by atoms with E-state index < -0.39 is 10.0 Å². The molecule has 0 unspecified atom stereocenters. The van der Waals surface area contributed by atoms with Crippen molar-refractivity contribution in [1.29, 1.82) is 0 Å². The molecule has 0 bridgehead atoms. The summed E-state index contributed by atoms with van der Waals surface area (Å²) in [6, 6.07) is 9.25. The zero-order valence-electron chi connectivity index (χ0n) is 17.5. The van der Waals surface area contributed by atoms with Gasteiger partial charge in [-0.2, -0.15) is 4.31 Å². The Bertz CT molecular complexity index is 1160. The Morgan fingerprint density at radius 3 is 2.61 bits per heavy atom. The van der Waals surface area contributed by atoms with Crippen LogP contribution >= 0.6 is 22.7 Å². The molecular weight excluding hydrogens is 450 g/mol. The Morgan fingerprint density at radius 2 is 1.94 bits per heavy atom. The molecule has 2 aromatic heterocycles. The minimum absolute atomic E-state index is 0.0334. The maximum atomic E-state index is 13.0. The van der Waals surface area contributed by atoms with Gasteiger partial charge >= 0.3 is 0 Å². The van der Waals surface area contributed by atoms with Gasteiger partial charge in [0, 0.05) is 24.4 Å². The minimum atomic E-state index is -3.53. The number of piperidine rings is 1. The molecule has 1 saturated heterocycles. The summed E-state index contributed by atoms with van der Waals surface area (Å²) in [6.45, 7) is 4.97. The van der Waals surface area contributed by atoms with Crippen LogP contribution in [0.3, 0.4) is 0 Å². The average Bonchev–Trinajstić information content (AvgIpc) is 3.46. The van der Waals surface area contributed by atoms with Gasteiger partial charge in [-0.15, -0.1) is 22.7 Å². The Morgan fingerprint density at radius 1 is 1.16 bits per heavy atom. The van der Waals surface area contributed by atoms with Crippen molar-refractivity contribution in [3.63, 3.8) is 0 Å². The van der Waals surface area contributed by atoms with Crippen LogP contribution in [0, 0.1) is 19.8 Å². The number of nitrogens with one attached hydrogen (secondary N) is 1. The van der Waals surface area contributed by atoms with Gasteiger partial charge in [-0.25, -0.2) is 13.4 Å². The van der Waals surface area contributed by atoms with Crippen molar-refractivity contribution in [3.05, 3.63) is 57.9 Å². The lowest BCUT2D eigenvalue weighted by molar-refractivity contribution is -0.126. The van der Waals surface area contributed by atoms with Gasteiger partial charge in [0.05, 0.1) is 22.0 Å². The molecule has 31 heavy (non-hydrogen) atoms. The molecule has 164 valence electrons. The molecule has 1 fully saturated rings. The van der Waals surface area contributed by atoms with E-state index in [0.29, 0.717) is 37.4 Å². The monoisotopic (exact) mass is 475 g/mol. The maximum Gasteiger partial charge on any atom is 0.243 e. The molecule has 4 rings (SSSR count). The van der Waals surface area contributed by atoms with Crippen LogP contribution < -0.4 is 5.32 Å². The molecule has 0 atom stereocenters. The fraction of sp³-hybridized carbons (Fsp3) is 0.364. The second-order valence-electron chi connectivity index (χ2n) is 7.76. The van der Waals surface area contributed by atoms with Gasteiger partial charge in [-0.05, 0) is 61.4 Å². The minimum Gasteiger partial charge on any atom is -0.350 e. The maximum absolute atomic E-state index is 13.0. The first-order valence-corrected chi connectivity index (χ1v) is 13.4. The lowest BCUT2D eigenvalue weighted by Crippen LogP contribution is -2.42. The first-order valence-electron chi connectivity index (χ1n) is 10.2. The highest BCUT2D eigenvalue weighted by Gasteiger charge is 2.32. The quantitative estimate of drug-likeness (QED) is 0.579.